The van der Waals surface area contributed by atoms with Crippen LogP contribution < -0.4 is 5.32 Å². The van der Waals surface area contributed by atoms with Gasteiger partial charge in [0.05, 0.1) is 17.3 Å². The van der Waals surface area contributed by atoms with Crippen molar-refractivity contribution < 1.29 is 39.6 Å². The minimum atomic E-state index is -4.79. The summed E-state index contributed by atoms with van der Waals surface area (Å²) in [5, 5.41) is 6.12. The van der Waals surface area contributed by atoms with Crippen LogP contribution in [0.3, 0.4) is 0 Å². The lowest BCUT2D eigenvalue weighted by Crippen LogP contribution is -2.48. The molecule has 1 aliphatic rings. The molecular formula is C24H22F6N6O3S. The SMILES string of the molecule is C#C.C[C@H]1CC[C@@H](C(=O)NCc2cn(-c3cnc(C(F)(F)F)nc3)nc2C(F)F)N1S(=O)(=O)c1ccc(F)cc1. The number of alkyl halides is 5. The Hall–Kier alpha value is -3.97. The fraction of sp³-hybridized carbons (Fsp3) is 0.333. The Kier molecular flexibility index (Phi) is 9.21. The Balaban J connectivity index is 0.00000216. The van der Waals surface area contributed by atoms with Crippen molar-refractivity contribution in [2.75, 3.05) is 0 Å². The van der Waals surface area contributed by atoms with E-state index in [1.807, 2.05) is 0 Å². The quantitative estimate of drug-likeness (QED) is 0.332. The van der Waals surface area contributed by atoms with Gasteiger partial charge in [-0.3, -0.25) is 4.79 Å². The molecule has 16 heteroatoms. The van der Waals surface area contributed by atoms with Gasteiger partial charge in [0.1, 0.15) is 23.2 Å². The maximum absolute atomic E-state index is 13.6. The first kappa shape index (κ1) is 30.6. The van der Waals surface area contributed by atoms with E-state index in [9.17, 15) is 39.6 Å². The Morgan fingerprint density at radius 2 is 1.73 bits per heavy atom. The van der Waals surface area contributed by atoms with Gasteiger partial charge in [0.25, 0.3) is 6.43 Å². The molecule has 1 amide bonds. The smallest absolute Gasteiger partial charge is 0.350 e. The summed E-state index contributed by atoms with van der Waals surface area (Å²) in [5.74, 6) is -2.79. The predicted octanol–water partition coefficient (Wildman–Crippen LogP) is 3.87. The second-order valence-electron chi connectivity index (χ2n) is 8.50. The highest BCUT2D eigenvalue weighted by Crippen LogP contribution is 2.32. The van der Waals surface area contributed by atoms with Crippen LogP contribution >= 0.6 is 0 Å². The summed E-state index contributed by atoms with van der Waals surface area (Å²) in [5.41, 5.74) is -1.01. The minimum Gasteiger partial charge on any atom is -0.350 e. The maximum Gasteiger partial charge on any atom is 0.451 e. The molecule has 214 valence electrons. The normalized spacial score (nSPS) is 17.9. The van der Waals surface area contributed by atoms with E-state index in [0.29, 0.717) is 6.42 Å². The van der Waals surface area contributed by atoms with Crippen LogP contribution in [0.15, 0.2) is 47.8 Å². The highest BCUT2D eigenvalue weighted by molar-refractivity contribution is 7.89. The van der Waals surface area contributed by atoms with Gasteiger partial charge in [-0.25, -0.2) is 36.2 Å². The topological polar surface area (TPSA) is 110 Å². The molecule has 0 saturated carbocycles. The molecule has 0 radical (unpaired) electrons. The summed E-state index contributed by atoms with van der Waals surface area (Å²) < 4.78 is 107. The van der Waals surface area contributed by atoms with E-state index in [4.69, 9.17) is 0 Å². The van der Waals surface area contributed by atoms with Crippen molar-refractivity contribution in [3.05, 3.63) is 65.8 Å². The molecule has 0 spiro atoms. The number of nitrogens with zero attached hydrogens (tertiary/aromatic N) is 5. The molecule has 40 heavy (non-hydrogen) atoms. The summed E-state index contributed by atoms with van der Waals surface area (Å²) in [6.07, 6.45) is 3.25. The molecule has 1 N–H and O–H groups in total. The van der Waals surface area contributed by atoms with E-state index in [1.54, 1.807) is 6.92 Å². The first-order valence-electron chi connectivity index (χ1n) is 11.5. The third-order valence-corrected chi connectivity index (χ3v) is 7.97. The third-order valence-electron chi connectivity index (χ3n) is 5.93. The molecule has 1 saturated heterocycles. The zero-order valence-electron chi connectivity index (χ0n) is 20.7. The van der Waals surface area contributed by atoms with E-state index >= 15 is 0 Å². The number of carbonyl (C=O) groups excluding carboxylic acids is 1. The van der Waals surface area contributed by atoms with E-state index in [0.717, 1.165) is 51.8 Å². The Morgan fingerprint density at radius 3 is 2.27 bits per heavy atom. The molecule has 4 rings (SSSR count). The number of hydrogen-bond donors (Lipinski definition) is 1. The molecule has 0 aliphatic carbocycles. The van der Waals surface area contributed by atoms with Crippen LogP contribution in [0.25, 0.3) is 5.69 Å². The number of nitrogens with one attached hydrogen (secondary N) is 1. The van der Waals surface area contributed by atoms with Gasteiger partial charge < -0.3 is 5.32 Å². The lowest BCUT2D eigenvalue weighted by atomic mass is 10.2. The van der Waals surface area contributed by atoms with Crippen molar-refractivity contribution in [1.29, 1.82) is 0 Å². The number of rotatable bonds is 7. The number of sulfonamides is 1. The molecule has 3 aromatic rings. The second-order valence-corrected chi connectivity index (χ2v) is 10.3. The Morgan fingerprint density at radius 1 is 1.12 bits per heavy atom. The van der Waals surface area contributed by atoms with Crippen LogP contribution in [0.4, 0.5) is 26.3 Å². The number of halogens is 6. The van der Waals surface area contributed by atoms with Gasteiger partial charge in [-0.2, -0.15) is 22.6 Å². The standard InChI is InChI=1S/C22H20F6N6O3S.C2H2/c1-12-2-7-17(34(12)38(36,37)16-5-3-14(23)4-6-16)20(35)29-8-13-11-33(32-18(13)19(24)25)15-9-30-21(31-10-15)22(26,27)28;1-2/h3-6,9-12,17,19H,2,7-8H2,1H3,(H,29,35);1-2H/t12-,17-;/m0./s1. The van der Waals surface area contributed by atoms with Crippen molar-refractivity contribution in [3.8, 4) is 18.5 Å². The van der Waals surface area contributed by atoms with E-state index in [1.165, 1.54) is 0 Å². The Labute approximate surface area is 225 Å². The van der Waals surface area contributed by atoms with Crippen LogP contribution in [-0.4, -0.2) is 50.5 Å². The molecule has 2 atom stereocenters. The first-order valence-corrected chi connectivity index (χ1v) is 12.9. The molecule has 9 nitrogen and oxygen atoms in total. The monoisotopic (exact) mass is 588 g/mol. The van der Waals surface area contributed by atoms with Crippen LogP contribution in [-0.2, 0) is 27.5 Å². The average Bonchev–Trinajstić information content (AvgIpc) is 3.53. The minimum absolute atomic E-state index is 0.126. The van der Waals surface area contributed by atoms with Gasteiger partial charge in [-0.15, -0.1) is 12.8 Å². The van der Waals surface area contributed by atoms with Gasteiger partial charge in [-0.1, -0.05) is 0 Å². The van der Waals surface area contributed by atoms with Crippen LogP contribution in [0.2, 0.25) is 0 Å². The molecular weight excluding hydrogens is 566 g/mol. The molecule has 1 aromatic carbocycles. The van der Waals surface area contributed by atoms with E-state index in [-0.39, 0.29) is 22.6 Å². The molecule has 1 aliphatic heterocycles. The van der Waals surface area contributed by atoms with E-state index in [2.05, 4.69) is 33.2 Å². The number of carbonyl (C=O) groups is 1. The lowest BCUT2D eigenvalue weighted by molar-refractivity contribution is -0.145. The van der Waals surface area contributed by atoms with Crippen LogP contribution in [0.5, 0.6) is 0 Å². The summed E-state index contributed by atoms with van der Waals surface area (Å²) in [6.45, 7) is 1.15. The van der Waals surface area contributed by atoms with Gasteiger partial charge in [0.15, 0.2) is 0 Å². The Bertz CT molecular complexity index is 1460. The molecule has 0 bridgehead atoms. The van der Waals surface area contributed by atoms with Crippen LogP contribution in [0, 0.1) is 18.7 Å². The van der Waals surface area contributed by atoms with Crippen molar-refractivity contribution in [1.82, 2.24) is 29.4 Å². The summed E-state index contributed by atoms with van der Waals surface area (Å²) >= 11 is 0. The third kappa shape index (κ3) is 6.42. The number of benzene rings is 1. The van der Waals surface area contributed by atoms with Crippen molar-refractivity contribution in [2.45, 2.75) is 55.9 Å². The van der Waals surface area contributed by atoms with Crippen molar-refractivity contribution in [2.24, 2.45) is 0 Å². The number of aromatic nitrogens is 4. The fourth-order valence-electron chi connectivity index (χ4n) is 4.10. The van der Waals surface area contributed by atoms with Gasteiger partial charge in [-0.05, 0) is 44.0 Å². The molecule has 3 heterocycles. The average molecular weight is 589 g/mol. The zero-order chi connectivity index (χ0) is 29.8. The van der Waals surface area contributed by atoms with E-state index < -0.39 is 64.5 Å². The van der Waals surface area contributed by atoms with Gasteiger partial charge in [0, 0.05) is 24.3 Å². The number of hydrogen-bond acceptors (Lipinski definition) is 6. The highest BCUT2D eigenvalue weighted by atomic mass is 32.2. The first-order chi connectivity index (χ1) is 18.8. The van der Waals surface area contributed by atoms with Crippen molar-refractivity contribution in [3.63, 3.8) is 0 Å². The van der Waals surface area contributed by atoms with Crippen molar-refractivity contribution >= 4 is 15.9 Å². The predicted molar refractivity (Wildman–Crippen MR) is 129 cm³/mol. The molecule has 1 fully saturated rings. The zero-order valence-corrected chi connectivity index (χ0v) is 21.5. The summed E-state index contributed by atoms with van der Waals surface area (Å²) in [7, 11) is -4.17. The van der Waals surface area contributed by atoms with Gasteiger partial charge in [0.2, 0.25) is 21.8 Å². The largest absolute Gasteiger partial charge is 0.451 e. The molecule has 2 aromatic heterocycles. The number of terminal acetylenes is 1. The van der Waals surface area contributed by atoms with Crippen LogP contribution in [0.1, 0.15) is 43.3 Å². The highest BCUT2D eigenvalue weighted by Gasteiger charge is 2.43. The lowest BCUT2D eigenvalue weighted by Gasteiger charge is -2.27. The fourth-order valence-corrected chi connectivity index (χ4v) is 5.94. The summed E-state index contributed by atoms with van der Waals surface area (Å²) in [6, 6.07) is 2.42. The number of amides is 1. The van der Waals surface area contributed by atoms with Gasteiger partial charge >= 0.3 is 6.18 Å². The summed E-state index contributed by atoms with van der Waals surface area (Å²) in [4.78, 5) is 19.1. The maximum atomic E-state index is 13.6. The molecule has 0 unspecified atom stereocenters. The second kappa shape index (κ2) is 12.0.